The zero-order chi connectivity index (χ0) is 33.8. The number of fused-ring (bicyclic) bond motifs is 2. The van der Waals surface area contributed by atoms with Crippen molar-refractivity contribution >= 4 is 57.5 Å². The summed E-state index contributed by atoms with van der Waals surface area (Å²) in [5, 5.41) is 5.30. The highest BCUT2D eigenvalue weighted by Crippen LogP contribution is 2.33. The number of nitrogens with one attached hydrogen (secondary N) is 2. The van der Waals surface area contributed by atoms with Crippen molar-refractivity contribution < 1.29 is 14.4 Å². The summed E-state index contributed by atoms with van der Waals surface area (Å²) in [7, 11) is 4.08. The van der Waals surface area contributed by atoms with Crippen LogP contribution in [0.2, 0.25) is 10.0 Å². The van der Waals surface area contributed by atoms with Gasteiger partial charge in [-0.05, 0) is 99.1 Å². The first kappa shape index (κ1) is 34.0. The summed E-state index contributed by atoms with van der Waals surface area (Å²) in [6, 6.07) is 20.1. The molecule has 8 nitrogen and oxygen atoms in total. The van der Waals surface area contributed by atoms with E-state index in [0.29, 0.717) is 60.4 Å². The van der Waals surface area contributed by atoms with Crippen LogP contribution >= 0.6 is 23.2 Å². The number of carbonyl (C=O) groups is 3. The molecule has 10 heteroatoms. The molecule has 2 aliphatic rings. The van der Waals surface area contributed by atoms with E-state index in [9.17, 15) is 14.4 Å². The van der Waals surface area contributed by atoms with Gasteiger partial charge in [0.1, 0.15) is 6.04 Å². The van der Waals surface area contributed by atoms with E-state index in [2.05, 4.69) is 15.2 Å². The molecule has 1 fully saturated rings. The molecule has 0 saturated carbocycles. The van der Waals surface area contributed by atoms with Gasteiger partial charge in [-0.3, -0.25) is 14.4 Å². The number of amides is 3. The first-order valence-electron chi connectivity index (χ1n) is 16.8. The molecule has 1 saturated heterocycles. The fourth-order valence-corrected chi connectivity index (χ4v) is 7.71. The van der Waals surface area contributed by atoms with E-state index in [1.165, 1.54) is 0 Å². The number of aromatic nitrogens is 1. The van der Waals surface area contributed by atoms with Crippen LogP contribution in [0.4, 0.5) is 5.69 Å². The summed E-state index contributed by atoms with van der Waals surface area (Å²) in [6.45, 7) is 2.66. The van der Waals surface area contributed by atoms with Gasteiger partial charge in [-0.15, -0.1) is 0 Å². The summed E-state index contributed by atoms with van der Waals surface area (Å²) in [6.07, 6.45) is 5.80. The van der Waals surface area contributed by atoms with E-state index in [1.54, 1.807) is 12.1 Å². The topological polar surface area (TPSA) is 88.8 Å². The first-order valence-corrected chi connectivity index (χ1v) is 17.5. The zero-order valence-electron chi connectivity index (χ0n) is 27.6. The van der Waals surface area contributed by atoms with E-state index < -0.39 is 6.04 Å². The van der Waals surface area contributed by atoms with Crippen LogP contribution < -0.4 is 10.2 Å². The van der Waals surface area contributed by atoms with E-state index in [-0.39, 0.29) is 23.6 Å². The normalized spacial score (nSPS) is 17.4. The van der Waals surface area contributed by atoms with Crippen molar-refractivity contribution in [2.45, 2.75) is 44.6 Å². The largest absolute Gasteiger partial charge is 0.361 e. The van der Waals surface area contributed by atoms with Gasteiger partial charge in [-0.25, -0.2) is 0 Å². The second-order valence-corrected chi connectivity index (χ2v) is 14.3. The fourth-order valence-electron chi connectivity index (χ4n) is 7.30. The number of anilines is 1. The van der Waals surface area contributed by atoms with Gasteiger partial charge in [0.15, 0.2) is 0 Å². The molecule has 2 atom stereocenters. The number of benzene rings is 3. The molecule has 1 aromatic heterocycles. The van der Waals surface area contributed by atoms with Crippen LogP contribution in [0.1, 0.15) is 47.2 Å². The van der Waals surface area contributed by atoms with E-state index >= 15 is 0 Å². The highest BCUT2D eigenvalue weighted by molar-refractivity contribution is 6.33. The predicted octanol–water partition coefficient (Wildman–Crippen LogP) is 6.60. The summed E-state index contributed by atoms with van der Waals surface area (Å²) in [5.74, 6) is 0.243. The van der Waals surface area contributed by atoms with Crippen LogP contribution in [-0.2, 0) is 22.4 Å². The number of rotatable bonds is 10. The average molecular weight is 689 g/mol. The Labute approximate surface area is 292 Å². The molecule has 252 valence electrons. The number of carbonyl (C=O) groups excluding carboxylic acids is 3. The minimum Gasteiger partial charge on any atom is -0.361 e. The van der Waals surface area contributed by atoms with Crippen molar-refractivity contribution in [1.29, 1.82) is 0 Å². The molecule has 0 radical (unpaired) electrons. The molecule has 0 unspecified atom stereocenters. The third-order valence-electron chi connectivity index (χ3n) is 9.69. The Morgan fingerprint density at radius 1 is 0.979 bits per heavy atom. The van der Waals surface area contributed by atoms with Crippen molar-refractivity contribution in [2.75, 3.05) is 45.2 Å². The van der Waals surface area contributed by atoms with E-state index in [4.69, 9.17) is 23.2 Å². The lowest BCUT2D eigenvalue weighted by atomic mass is 9.90. The Morgan fingerprint density at radius 2 is 1.73 bits per heavy atom. The van der Waals surface area contributed by atoms with Crippen molar-refractivity contribution in [3.05, 3.63) is 99.7 Å². The Morgan fingerprint density at radius 3 is 2.50 bits per heavy atom. The van der Waals surface area contributed by atoms with Gasteiger partial charge in [0.25, 0.3) is 5.91 Å². The van der Waals surface area contributed by atoms with Gasteiger partial charge >= 0.3 is 0 Å². The summed E-state index contributed by atoms with van der Waals surface area (Å²) >= 11 is 12.7. The maximum absolute atomic E-state index is 14.5. The maximum atomic E-state index is 14.5. The van der Waals surface area contributed by atoms with Crippen LogP contribution in [0, 0.1) is 11.8 Å². The Hall–Kier alpha value is -3.85. The molecule has 3 amide bonds. The molecule has 3 heterocycles. The molecule has 2 N–H and O–H groups in total. The van der Waals surface area contributed by atoms with Crippen molar-refractivity contribution in [2.24, 2.45) is 11.8 Å². The van der Waals surface area contributed by atoms with Gasteiger partial charge < -0.3 is 25.0 Å². The second-order valence-electron chi connectivity index (χ2n) is 13.5. The predicted molar refractivity (Wildman–Crippen MR) is 193 cm³/mol. The van der Waals surface area contributed by atoms with Crippen LogP contribution in [0.3, 0.4) is 0 Å². The number of likely N-dealkylation sites (tertiary alicyclic amines) is 1. The van der Waals surface area contributed by atoms with Gasteiger partial charge in [-0.2, -0.15) is 0 Å². The number of hydrogen-bond acceptors (Lipinski definition) is 4. The molecule has 2 aliphatic heterocycles. The van der Waals surface area contributed by atoms with Gasteiger partial charge in [0.2, 0.25) is 11.8 Å². The highest BCUT2D eigenvalue weighted by Gasteiger charge is 2.34. The number of para-hydroxylation sites is 1. The van der Waals surface area contributed by atoms with Gasteiger partial charge in [-0.1, -0.05) is 53.5 Å². The van der Waals surface area contributed by atoms with Crippen molar-refractivity contribution in [1.82, 2.24) is 20.1 Å². The second kappa shape index (κ2) is 15.1. The van der Waals surface area contributed by atoms with Crippen LogP contribution in [-0.4, -0.2) is 78.8 Å². The lowest BCUT2D eigenvalue weighted by Crippen LogP contribution is -2.53. The Bertz CT molecular complexity index is 1780. The summed E-state index contributed by atoms with van der Waals surface area (Å²) in [4.78, 5) is 50.3. The number of nitrogens with zero attached hydrogens (tertiary/aromatic N) is 3. The van der Waals surface area contributed by atoms with E-state index in [0.717, 1.165) is 53.5 Å². The molecule has 0 bridgehead atoms. The third-order valence-corrected chi connectivity index (χ3v) is 10.3. The third kappa shape index (κ3) is 7.88. The molecule has 0 aliphatic carbocycles. The van der Waals surface area contributed by atoms with Crippen molar-refractivity contribution in [3.8, 4) is 0 Å². The summed E-state index contributed by atoms with van der Waals surface area (Å²) < 4.78 is 0. The monoisotopic (exact) mass is 687 g/mol. The number of piperidine rings is 1. The number of hydrogen-bond donors (Lipinski definition) is 2. The number of halogens is 2. The SMILES string of the molecule is CN(C)C[C@@H]1Cc2cc(Cl)ccc2N(C(=O)[C@@H](Cc2c[nH]c3ccccc23)NC(=O)CCC2CCN(C(=O)c3ccccc3Cl)CC2)C1. The average Bonchev–Trinajstić information content (AvgIpc) is 3.48. The van der Waals surface area contributed by atoms with Crippen LogP contribution in [0.15, 0.2) is 72.9 Å². The molecule has 0 spiro atoms. The molecule has 3 aromatic carbocycles. The van der Waals surface area contributed by atoms with E-state index in [1.807, 2.05) is 84.7 Å². The maximum Gasteiger partial charge on any atom is 0.255 e. The summed E-state index contributed by atoms with van der Waals surface area (Å²) in [5.41, 5.74) is 4.41. The fraction of sp³-hybridized carbons (Fsp3) is 0.395. The highest BCUT2D eigenvalue weighted by atomic mass is 35.5. The van der Waals surface area contributed by atoms with Gasteiger partial charge in [0.05, 0.1) is 10.6 Å². The smallest absolute Gasteiger partial charge is 0.255 e. The zero-order valence-corrected chi connectivity index (χ0v) is 29.1. The number of H-pyrrole nitrogens is 1. The molecular weight excluding hydrogens is 645 g/mol. The lowest BCUT2D eigenvalue weighted by Gasteiger charge is -2.37. The molecular formula is C38H43Cl2N5O3. The number of aromatic amines is 1. The Balaban J connectivity index is 1.15. The molecule has 48 heavy (non-hydrogen) atoms. The molecule has 6 rings (SSSR count). The van der Waals surface area contributed by atoms with Gasteiger partial charge in [0, 0.05) is 66.8 Å². The minimum absolute atomic E-state index is 0.0511. The minimum atomic E-state index is -0.742. The van der Waals surface area contributed by atoms with Crippen LogP contribution in [0.25, 0.3) is 10.9 Å². The first-order chi connectivity index (χ1) is 23.2. The Kier molecular flexibility index (Phi) is 10.7. The molecule has 4 aromatic rings. The quantitative estimate of drug-likeness (QED) is 0.197. The lowest BCUT2D eigenvalue weighted by molar-refractivity contribution is -0.127. The van der Waals surface area contributed by atoms with Crippen LogP contribution in [0.5, 0.6) is 0 Å². The standard InChI is InChI=1S/C38H43Cl2N5O3/c1-43(2)23-26-19-27-20-29(39)12-13-35(27)45(24-26)38(48)34(21-28-22-41-33-10-6-4-7-30(28)33)42-36(46)14-11-25-15-17-44(18-16-25)37(47)31-8-3-5-9-32(31)40/h3-10,12-13,20,22,25-26,34,41H,11,14-19,21,23-24H2,1-2H3,(H,42,46)/t26-,34+/m0/s1. The van der Waals surface area contributed by atoms with Crippen molar-refractivity contribution in [3.63, 3.8) is 0 Å².